The summed E-state index contributed by atoms with van der Waals surface area (Å²) >= 11 is 0. The lowest BCUT2D eigenvalue weighted by molar-refractivity contribution is 0.858. The van der Waals surface area contributed by atoms with Gasteiger partial charge in [0.1, 0.15) is 0 Å². The van der Waals surface area contributed by atoms with Gasteiger partial charge in [-0.1, -0.05) is 6.42 Å². The Labute approximate surface area is 53.0 Å². The third-order valence-electron chi connectivity index (χ3n) is 1.54. The van der Waals surface area contributed by atoms with E-state index in [4.69, 9.17) is 5.69 Å². The fourth-order valence-electron chi connectivity index (χ4n) is 0.945. The summed E-state index contributed by atoms with van der Waals surface area (Å²) in [5.41, 5.74) is 5.69. The molecule has 1 saturated heterocycles. The van der Waals surface area contributed by atoms with Crippen LogP contribution in [0.3, 0.4) is 0 Å². The Kier molecular flexibility index (Phi) is 2.01. The van der Waals surface area contributed by atoms with E-state index in [0.29, 0.717) is 0 Å². The van der Waals surface area contributed by atoms with Crippen LogP contribution in [0.5, 0.6) is 0 Å². The van der Waals surface area contributed by atoms with Crippen molar-refractivity contribution in [1.29, 1.82) is 0 Å². The minimum absolute atomic E-state index is 0.147. The van der Waals surface area contributed by atoms with E-state index in [1.54, 1.807) is 0 Å². The molecule has 0 amide bonds. The highest BCUT2D eigenvalue weighted by Crippen LogP contribution is 2.02. The SMILES string of the molecule is C#[S-](C)[C@H]1CCNC1. The Morgan fingerprint density at radius 1 is 1.75 bits per heavy atom. The maximum Gasteiger partial charge on any atom is -0.00637 e. The lowest BCUT2D eigenvalue weighted by Gasteiger charge is -2.17. The summed E-state index contributed by atoms with van der Waals surface area (Å²) in [6.45, 7) is 2.30. The molecule has 0 spiro atoms. The first kappa shape index (κ1) is 6.21. The van der Waals surface area contributed by atoms with Crippen molar-refractivity contribution in [2.75, 3.05) is 19.3 Å². The van der Waals surface area contributed by atoms with Crippen molar-refractivity contribution >= 4 is 10.3 Å². The van der Waals surface area contributed by atoms with E-state index in [2.05, 4.69) is 11.6 Å². The first-order chi connectivity index (χ1) is 3.80. The molecule has 0 bridgehead atoms. The molecular weight excluding hydrogens is 118 g/mol. The molecular formula is C6H12NS-. The van der Waals surface area contributed by atoms with Crippen molar-refractivity contribution in [2.45, 2.75) is 11.7 Å². The van der Waals surface area contributed by atoms with Crippen molar-refractivity contribution in [3.8, 4) is 5.69 Å². The summed E-state index contributed by atoms with van der Waals surface area (Å²) in [6, 6.07) is 0. The zero-order chi connectivity index (χ0) is 5.98. The van der Waals surface area contributed by atoms with Gasteiger partial charge in [0.25, 0.3) is 0 Å². The van der Waals surface area contributed by atoms with Gasteiger partial charge >= 0.3 is 0 Å². The second-order valence-corrected chi connectivity index (χ2v) is 4.10. The van der Waals surface area contributed by atoms with E-state index < -0.39 is 0 Å². The smallest absolute Gasteiger partial charge is 0.00637 e. The third kappa shape index (κ3) is 1.28. The van der Waals surface area contributed by atoms with E-state index in [0.717, 1.165) is 11.8 Å². The summed E-state index contributed by atoms with van der Waals surface area (Å²) < 4.78 is 0. The van der Waals surface area contributed by atoms with Crippen LogP contribution < -0.4 is 5.32 Å². The van der Waals surface area contributed by atoms with Gasteiger partial charge in [-0.15, -0.1) is 11.5 Å². The second-order valence-electron chi connectivity index (χ2n) is 2.22. The molecule has 0 unspecified atom stereocenters. The predicted molar refractivity (Wildman–Crippen MR) is 39.5 cm³/mol. The summed E-state index contributed by atoms with van der Waals surface area (Å²) in [4.78, 5) is 0. The molecule has 0 aromatic carbocycles. The molecule has 1 atom stereocenters. The van der Waals surface area contributed by atoms with E-state index in [1.807, 2.05) is 0 Å². The van der Waals surface area contributed by atoms with Gasteiger partial charge < -0.3 is 21.3 Å². The summed E-state index contributed by atoms with van der Waals surface area (Å²) in [6.07, 6.45) is 3.38. The van der Waals surface area contributed by atoms with Gasteiger partial charge in [-0.05, 0) is 13.1 Å². The van der Waals surface area contributed by atoms with Crippen molar-refractivity contribution in [3.63, 3.8) is 0 Å². The Morgan fingerprint density at radius 3 is 2.75 bits per heavy atom. The summed E-state index contributed by atoms with van der Waals surface area (Å²) in [5, 5.41) is 4.04. The first-order valence-corrected chi connectivity index (χ1v) is 4.66. The number of nitrogens with one attached hydrogen (secondary N) is 1. The molecule has 8 heavy (non-hydrogen) atoms. The Morgan fingerprint density at radius 2 is 2.50 bits per heavy atom. The fraction of sp³-hybridized carbons (Fsp3) is 0.833. The van der Waals surface area contributed by atoms with Gasteiger partial charge in [0, 0.05) is 0 Å². The molecule has 1 rings (SSSR count). The minimum atomic E-state index is 0.147. The van der Waals surface area contributed by atoms with Gasteiger partial charge in [-0.3, -0.25) is 0 Å². The van der Waals surface area contributed by atoms with Crippen LogP contribution in [0.25, 0.3) is 0 Å². The molecule has 0 aromatic heterocycles. The minimum Gasteiger partial charge on any atom is -0.456 e. The van der Waals surface area contributed by atoms with E-state index in [9.17, 15) is 0 Å². The van der Waals surface area contributed by atoms with Gasteiger partial charge in [-0.2, -0.15) is 0 Å². The molecule has 48 valence electrons. The number of rotatable bonds is 0. The number of hydrogen-bond acceptors (Lipinski definition) is 2. The van der Waals surface area contributed by atoms with Crippen molar-refractivity contribution in [2.24, 2.45) is 0 Å². The predicted octanol–water partition coefficient (Wildman–Crippen LogP) is 0.185. The molecule has 1 heterocycles. The van der Waals surface area contributed by atoms with Crippen LogP contribution in [0.4, 0.5) is 0 Å². The molecule has 1 aliphatic heterocycles. The van der Waals surface area contributed by atoms with Crippen LogP contribution in [0, 0.1) is 5.69 Å². The molecule has 0 aromatic rings. The lowest BCUT2D eigenvalue weighted by atomic mass is 10.4. The quantitative estimate of drug-likeness (QED) is 0.461. The highest BCUT2D eigenvalue weighted by Gasteiger charge is 2.04. The van der Waals surface area contributed by atoms with Crippen molar-refractivity contribution in [3.05, 3.63) is 0 Å². The van der Waals surface area contributed by atoms with Gasteiger partial charge in [0.15, 0.2) is 0 Å². The standard InChI is InChI=1S/C6H12NS/c1-8(2)6-3-4-7-5-6/h1,6-7H,3-5H2,2H3/q-1/t6-/m0/s1. The molecule has 0 radical (unpaired) electrons. The Bertz CT molecular complexity index is 127. The molecule has 1 nitrogen and oxygen atoms in total. The van der Waals surface area contributed by atoms with Crippen molar-refractivity contribution in [1.82, 2.24) is 5.32 Å². The van der Waals surface area contributed by atoms with Gasteiger partial charge in [0.2, 0.25) is 0 Å². The fourth-order valence-corrected chi connectivity index (χ4v) is 1.82. The maximum absolute atomic E-state index is 5.69. The highest BCUT2D eigenvalue weighted by molar-refractivity contribution is 7.86. The van der Waals surface area contributed by atoms with Crippen LogP contribution in [-0.2, 0) is 10.3 Å². The monoisotopic (exact) mass is 130 g/mol. The van der Waals surface area contributed by atoms with Crippen LogP contribution in [0.15, 0.2) is 0 Å². The van der Waals surface area contributed by atoms with Crippen LogP contribution >= 0.6 is 0 Å². The maximum atomic E-state index is 5.69. The third-order valence-corrected chi connectivity index (χ3v) is 2.99. The lowest BCUT2D eigenvalue weighted by Crippen LogP contribution is -2.15. The topological polar surface area (TPSA) is 12.0 Å². The molecule has 1 aliphatic rings. The summed E-state index contributed by atoms with van der Waals surface area (Å²) in [7, 11) is 0.147. The van der Waals surface area contributed by atoms with E-state index in [-0.39, 0.29) is 10.3 Å². The van der Waals surface area contributed by atoms with Crippen molar-refractivity contribution < 1.29 is 0 Å². The zero-order valence-corrected chi connectivity index (χ0v) is 6.00. The van der Waals surface area contributed by atoms with Crippen LogP contribution in [0.2, 0.25) is 0 Å². The molecule has 1 N–H and O–H groups in total. The van der Waals surface area contributed by atoms with Gasteiger partial charge in [0.05, 0.1) is 0 Å². The largest absolute Gasteiger partial charge is 0.456 e. The molecule has 2 heteroatoms. The van der Waals surface area contributed by atoms with Crippen LogP contribution in [0.1, 0.15) is 6.42 Å². The highest BCUT2D eigenvalue weighted by atomic mass is 32.2. The molecule has 0 saturated carbocycles. The Balaban J connectivity index is 2.39. The average Bonchev–Trinajstić information content (AvgIpc) is 2.12. The summed E-state index contributed by atoms with van der Waals surface area (Å²) in [5.74, 6) is 0. The van der Waals surface area contributed by atoms with E-state index in [1.165, 1.54) is 13.0 Å². The molecule has 0 aliphatic carbocycles. The number of hydrogen-bond donors (Lipinski definition) is 1. The average molecular weight is 130 g/mol. The Hall–Kier alpha value is 0.0900. The first-order valence-electron chi connectivity index (χ1n) is 2.90. The van der Waals surface area contributed by atoms with Crippen LogP contribution in [-0.4, -0.2) is 24.6 Å². The van der Waals surface area contributed by atoms with Gasteiger partial charge in [-0.25, -0.2) is 0 Å². The molecule has 1 fully saturated rings. The second kappa shape index (κ2) is 2.58. The van der Waals surface area contributed by atoms with E-state index >= 15 is 0 Å². The normalized spacial score (nSPS) is 29.4. The zero-order valence-electron chi connectivity index (χ0n) is 5.18.